The fourth-order valence-corrected chi connectivity index (χ4v) is 0.806. The van der Waals surface area contributed by atoms with Gasteiger partial charge in [-0.1, -0.05) is 26.8 Å². The summed E-state index contributed by atoms with van der Waals surface area (Å²) in [6.45, 7) is 6.49. The van der Waals surface area contributed by atoms with Gasteiger partial charge in [-0.3, -0.25) is 4.98 Å². The van der Waals surface area contributed by atoms with Gasteiger partial charge in [-0.2, -0.15) is 0 Å². The molecule has 1 amide bonds. The van der Waals surface area contributed by atoms with Crippen molar-refractivity contribution in [2.45, 2.75) is 26.2 Å². The number of aromatic nitrogens is 1. The lowest BCUT2D eigenvalue weighted by molar-refractivity contribution is 0.205. The van der Waals surface area contributed by atoms with Crippen molar-refractivity contribution >= 4 is 6.09 Å². The van der Waals surface area contributed by atoms with Crippen LogP contribution in [0.15, 0.2) is 24.4 Å². The second-order valence-electron chi connectivity index (χ2n) is 3.80. The predicted molar refractivity (Wildman–Crippen MR) is 55.1 cm³/mol. The van der Waals surface area contributed by atoms with Crippen molar-refractivity contribution in [2.75, 3.05) is 0 Å². The van der Waals surface area contributed by atoms with Gasteiger partial charge < -0.3 is 10.8 Å². The van der Waals surface area contributed by atoms with Crippen molar-refractivity contribution < 1.29 is 9.90 Å². The van der Waals surface area contributed by atoms with E-state index in [9.17, 15) is 0 Å². The average molecular weight is 196 g/mol. The van der Waals surface area contributed by atoms with Crippen LogP contribution in [-0.4, -0.2) is 16.2 Å². The van der Waals surface area contributed by atoms with Crippen LogP contribution < -0.4 is 5.73 Å². The summed E-state index contributed by atoms with van der Waals surface area (Å²) in [4.78, 5) is 13.0. The molecule has 4 heteroatoms. The molecule has 3 N–H and O–H groups in total. The van der Waals surface area contributed by atoms with Gasteiger partial charge in [0.15, 0.2) is 0 Å². The van der Waals surface area contributed by atoms with Gasteiger partial charge >= 0.3 is 6.09 Å². The number of rotatable bonds is 0. The van der Waals surface area contributed by atoms with Crippen molar-refractivity contribution in [3.63, 3.8) is 0 Å². The highest BCUT2D eigenvalue weighted by molar-refractivity contribution is 5.61. The van der Waals surface area contributed by atoms with E-state index in [0.29, 0.717) is 0 Å². The minimum atomic E-state index is -1.33. The molecule has 0 unspecified atom stereocenters. The van der Waals surface area contributed by atoms with Crippen LogP contribution in [0.2, 0.25) is 0 Å². The van der Waals surface area contributed by atoms with Crippen LogP contribution in [0.1, 0.15) is 26.5 Å². The van der Waals surface area contributed by atoms with Gasteiger partial charge in [-0.15, -0.1) is 0 Å². The number of primary amides is 1. The number of nitrogens with two attached hydrogens (primary N) is 1. The van der Waals surface area contributed by atoms with Crippen molar-refractivity contribution in [2.24, 2.45) is 5.73 Å². The Morgan fingerprint density at radius 3 is 2.14 bits per heavy atom. The Balaban J connectivity index is 0.000000364. The summed E-state index contributed by atoms with van der Waals surface area (Å²) in [7, 11) is 0. The topological polar surface area (TPSA) is 76.2 Å². The Kier molecular flexibility index (Phi) is 4.63. The van der Waals surface area contributed by atoms with Gasteiger partial charge in [0.25, 0.3) is 0 Å². The molecule has 0 aliphatic rings. The number of hydrogen-bond donors (Lipinski definition) is 2. The molecule has 0 saturated heterocycles. The first-order valence-corrected chi connectivity index (χ1v) is 4.24. The molecule has 1 aromatic heterocycles. The SMILES string of the molecule is CC(C)(C)c1ccccn1.NC(=O)O. The zero-order valence-electron chi connectivity index (χ0n) is 8.69. The molecule has 0 atom stereocenters. The van der Waals surface area contributed by atoms with Gasteiger partial charge in [0.1, 0.15) is 0 Å². The maximum absolute atomic E-state index is 8.78. The Labute approximate surface area is 83.8 Å². The molecule has 4 nitrogen and oxygen atoms in total. The number of carboxylic acid groups (broad SMARTS) is 1. The van der Waals surface area contributed by atoms with Gasteiger partial charge in [0, 0.05) is 17.3 Å². The number of pyridine rings is 1. The maximum atomic E-state index is 8.78. The summed E-state index contributed by atoms with van der Waals surface area (Å²) in [6, 6.07) is 6.02. The van der Waals surface area contributed by atoms with E-state index < -0.39 is 6.09 Å². The molecule has 1 heterocycles. The molecule has 78 valence electrons. The monoisotopic (exact) mass is 196 g/mol. The van der Waals surface area contributed by atoms with E-state index in [2.05, 4.69) is 37.6 Å². The van der Waals surface area contributed by atoms with Crippen LogP contribution in [0.5, 0.6) is 0 Å². The zero-order valence-corrected chi connectivity index (χ0v) is 8.69. The van der Waals surface area contributed by atoms with Gasteiger partial charge in [-0.25, -0.2) is 4.79 Å². The normalized spacial score (nSPS) is 9.93. The number of amides is 1. The summed E-state index contributed by atoms with van der Waals surface area (Å²) in [5, 5.41) is 7.19. The fraction of sp³-hybridized carbons (Fsp3) is 0.400. The van der Waals surface area contributed by atoms with Crippen LogP contribution in [0, 0.1) is 0 Å². The standard InChI is InChI=1S/C9H13N.CH3NO2/c1-9(2,3)8-6-4-5-7-10-8;2-1(3)4/h4-7H,1-3H3;2H2,(H,3,4). The van der Waals surface area contributed by atoms with Gasteiger partial charge in [-0.05, 0) is 12.1 Å². The summed E-state index contributed by atoms with van der Waals surface area (Å²) in [5.41, 5.74) is 5.36. The van der Waals surface area contributed by atoms with Gasteiger partial charge in [0.2, 0.25) is 0 Å². The van der Waals surface area contributed by atoms with Crippen LogP contribution in [0.25, 0.3) is 0 Å². The van der Waals surface area contributed by atoms with E-state index in [0.717, 1.165) is 5.69 Å². The van der Waals surface area contributed by atoms with Crippen molar-refractivity contribution in [1.82, 2.24) is 4.98 Å². The minimum absolute atomic E-state index is 0.182. The first kappa shape index (κ1) is 12.4. The third-order valence-electron chi connectivity index (χ3n) is 1.43. The molecule has 14 heavy (non-hydrogen) atoms. The predicted octanol–water partition coefficient (Wildman–Crippen LogP) is 2.00. The third-order valence-corrected chi connectivity index (χ3v) is 1.43. The highest BCUT2D eigenvalue weighted by atomic mass is 16.4. The quantitative estimate of drug-likeness (QED) is 0.666. The second kappa shape index (κ2) is 5.21. The van der Waals surface area contributed by atoms with Crippen LogP contribution in [0.3, 0.4) is 0 Å². The maximum Gasteiger partial charge on any atom is 0.402 e. The zero-order chi connectivity index (χ0) is 11.2. The molecule has 0 bridgehead atoms. The van der Waals surface area contributed by atoms with E-state index in [4.69, 9.17) is 9.90 Å². The molecule has 0 aliphatic heterocycles. The Morgan fingerprint density at radius 1 is 1.43 bits per heavy atom. The summed E-state index contributed by atoms with van der Waals surface area (Å²) >= 11 is 0. The summed E-state index contributed by atoms with van der Waals surface area (Å²) < 4.78 is 0. The van der Waals surface area contributed by atoms with Crippen LogP contribution >= 0.6 is 0 Å². The fourth-order valence-electron chi connectivity index (χ4n) is 0.806. The highest BCUT2D eigenvalue weighted by Crippen LogP contribution is 2.18. The number of carbonyl (C=O) groups is 1. The second-order valence-corrected chi connectivity index (χ2v) is 3.80. The number of nitrogens with zero attached hydrogens (tertiary/aromatic N) is 1. The number of hydrogen-bond acceptors (Lipinski definition) is 2. The van der Waals surface area contributed by atoms with E-state index in [1.165, 1.54) is 0 Å². The summed E-state index contributed by atoms with van der Waals surface area (Å²) in [5.74, 6) is 0. The van der Waals surface area contributed by atoms with E-state index in [1.807, 2.05) is 18.3 Å². The highest BCUT2D eigenvalue weighted by Gasteiger charge is 2.13. The molecule has 1 aromatic rings. The molecule has 0 saturated carbocycles. The Bertz CT molecular complexity index is 274. The first-order chi connectivity index (χ1) is 6.34. The Morgan fingerprint density at radius 2 is 1.93 bits per heavy atom. The largest absolute Gasteiger partial charge is 0.465 e. The van der Waals surface area contributed by atoms with Crippen molar-refractivity contribution in [3.05, 3.63) is 30.1 Å². The van der Waals surface area contributed by atoms with Crippen LogP contribution in [0.4, 0.5) is 4.79 Å². The average Bonchev–Trinajstić information content (AvgIpc) is 2.03. The van der Waals surface area contributed by atoms with E-state index in [-0.39, 0.29) is 5.41 Å². The van der Waals surface area contributed by atoms with Crippen LogP contribution in [-0.2, 0) is 5.41 Å². The van der Waals surface area contributed by atoms with E-state index in [1.54, 1.807) is 0 Å². The molecular weight excluding hydrogens is 180 g/mol. The molecular formula is C10H16N2O2. The smallest absolute Gasteiger partial charge is 0.402 e. The molecule has 0 fully saturated rings. The van der Waals surface area contributed by atoms with Gasteiger partial charge in [0.05, 0.1) is 0 Å². The molecule has 0 radical (unpaired) electrons. The van der Waals surface area contributed by atoms with Crippen molar-refractivity contribution in [1.29, 1.82) is 0 Å². The molecule has 0 aromatic carbocycles. The lowest BCUT2D eigenvalue weighted by Crippen LogP contribution is -2.12. The molecule has 1 rings (SSSR count). The Hall–Kier alpha value is -1.58. The molecule has 0 spiro atoms. The summed E-state index contributed by atoms with van der Waals surface area (Å²) in [6.07, 6.45) is 0.501. The molecule has 0 aliphatic carbocycles. The lowest BCUT2D eigenvalue weighted by atomic mass is 9.92. The van der Waals surface area contributed by atoms with E-state index >= 15 is 0 Å². The lowest BCUT2D eigenvalue weighted by Gasteiger charge is -2.16. The minimum Gasteiger partial charge on any atom is -0.465 e. The third kappa shape index (κ3) is 5.99. The first-order valence-electron chi connectivity index (χ1n) is 4.24. The van der Waals surface area contributed by atoms with Crippen molar-refractivity contribution in [3.8, 4) is 0 Å².